The summed E-state index contributed by atoms with van der Waals surface area (Å²) in [6, 6.07) is 13.8. The fraction of sp³-hybridized carbons (Fsp3) is 0.567. The van der Waals surface area contributed by atoms with Gasteiger partial charge in [-0.05, 0) is 67.5 Å². The number of sulfone groups is 1. The summed E-state index contributed by atoms with van der Waals surface area (Å²) in [5, 5.41) is 14.7. The number of hydrogen-bond donors (Lipinski definition) is 4. The molecule has 11 nitrogen and oxygen atoms in total. The van der Waals surface area contributed by atoms with Gasteiger partial charge in [0.2, 0.25) is 0 Å². The predicted molar refractivity (Wildman–Crippen MR) is 156 cm³/mol. The molecular weight excluding hydrogens is 562 g/mol. The van der Waals surface area contributed by atoms with Crippen molar-refractivity contribution in [1.82, 2.24) is 5.32 Å². The van der Waals surface area contributed by atoms with E-state index in [0.717, 1.165) is 5.56 Å². The van der Waals surface area contributed by atoms with Crippen molar-refractivity contribution in [3.05, 3.63) is 60.2 Å². The van der Waals surface area contributed by atoms with Crippen LogP contribution in [-0.2, 0) is 30.5 Å². The van der Waals surface area contributed by atoms with Crippen LogP contribution in [-0.4, -0.2) is 75.9 Å². The van der Waals surface area contributed by atoms with Crippen molar-refractivity contribution in [2.45, 2.75) is 73.8 Å². The highest BCUT2D eigenvalue weighted by atomic mass is 32.2. The van der Waals surface area contributed by atoms with Crippen LogP contribution in [0.3, 0.4) is 0 Å². The van der Waals surface area contributed by atoms with E-state index in [1.54, 1.807) is 0 Å². The fourth-order valence-electron chi connectivity index (χ4n) is 5.88. The lowest BCUT2D eigenvalue weighted by atomic mass is 9.79. The Morgan fingerprint density at radius 1 is 1.14 bits per heavy atom. The number of methoxy groups -OCH3 is 1. The molecule has 2 heterocycles. The number of nitrogens with two attached hydrogens (primary N) is 2. The molecular formula is C30H43N3O8S. The Morgan fingerprint density at radius 3 is 2.48 bits per heavy atom. The van der Waals surface area contributed by atoms with Crippen molar-refractivity contribution in [3.63, 3.8) is 0 Å². The van der Waals surface area contributed by atoms with Crippen LogP contribution in [0.4, 0.5) is 4.79 Å². The molecule has 42 heavy (non-hydrogen) atoms. The van der Waals surface area contributed by atoms with Crippen molar-refractivity contribution in [2.24, 2.45) is 22.8 Å². The van der Waals surface area contributed by atoms with Crippen molar-refractivity contribution >= 4 is 15.9 Å². The lowest BCUT2D eigenvalue weighted by molar-refractivity contribution is -0.0907. The first-order valence-electron chi connectivity index (χ1n) is 14.2. The molecule has 0 radical (unpaired) electrons. The molecule has 0 saturated carbocycles. The summed E-state index contributed by atoms with van der Waals surface area (Å²) >= 11 is 0. The van der Waals surface area contributed by atoms with Gasteiger partial charge in [-0.1, -0.05) is 44.2 Å². The maximum absolute atomic E-state index is 14.3. The van der Waals surface area contributed by atoms with Gasteiger partial charge in [0.25, 0.3) is 0 Å². The number of ether oxygens (including phenoxy) is 4. The van der Waals surface area contributed by atoms with Crippen LogP contribution < -0.4 is 21.5 Å². The number of aliphatic hydroxyl groups is 1. The third-order valence-corrected chi connectivity index (χ3v) is 10.5. The molecule has 2 aromatic carbocycles. The van der Waals surface area contributed by atoms with Crippen LogP contribution in [0, 0.1) is 11.3 Å². The van der Waals surface area contributed by atoms with Gasteiger partial charge in [0, 0.05) is 0 Å². The summed E-state index contributed by atoms with van der Waals surface area (Å²) in [5.74, 6) is 0.382. The van der Waals surface area contributed by atoms with Crippen LogP contribution in [0.1, 0.15) is 38.7 Å². The van der Waals surface area contributed by atoms with Crippen molar-refractivity contribution in [2.75, 3.05) is 26.9 Å². The van der Waals surface area contributed by atoms with Gasteiger partial charge >= 0.3 is 6.09 Å². The third-order valence-electron chi connectivity index (χ3n) is 8.17. The van der Waals surface area contributed by atoms with E-state index in [1.165, 1.54) is 31.4 Å². The first kappa shape index (κ1) is 32.2. The smallest absolute Gasteiger partial charge is 0.407 e. The molecule has 2 saturated heterocycles. The summed E-state index contributed by atoms with van der Waals surface area (Å²) in [7, 11) is -2.90. The van der Waals surface area contributed by atoms with Crippen LogP contribution in [0.2, 0.25) is 0 Å². The quantitative estimate of drug-likeness (QED) is 0.266. The summed E-state index contributed by atoms with van der Waals surface area (Å²) in [4.78, 5) is 10.9. The molecule has 1 amide bonds. The van der Waals surface area contributed by atoms with Gasteiger partial charge in [-0.2, -0.15) is 0 Å². The minimum absolute atomic E-state index is 0.0789. The lowest BCUT2D eigenvalue weighted by Crippen LogP contribution is -2.65. The first-order chi connectivity index (χ1) is 19.9. The zero-order valence-corrected chi connectivity index (χ0v) is 25.2. The van der Waals surface area contributed by atoms with E-state index >= 15 is 0 Å². The normalized spacial score (nSPS) is 23.4. The molecule has 6 N–H and O–H groups in total. The Hall–Kier alpha value is -2.74. The van der Waals surface area contributed by atoms with E-state index in [2.05, 4.69) is 5.32 Å². The highest BCUT2D eigenvalue weighted by molar-refractivity contribution is 7.92. The number of benzene rings is 2. The molecule has 2 fully saturated rings. The van der Waals surface area contributed by atoms with E-state index in [4.69, 9.17) is 30.4 Å². The maximum Gasteiger partial charge on any atom is 0.407 e. The Kier molecular flexibility index (Phi) is 10.2. The maximum atomic E-state index is 14.3. The van der Waals surface area contributed by atoms with Crippen molar-refractivity contribution in [3.8, 4) is 5.75 Å². The van der Waals surface area contributed by atoms with Crippen LogP contribution in [0.15, 0.2) is 59.5 Å². The second kappa shape index (κ2) is 13.3. The van der Waals surface area contributed by atoms with Crippen molar-refractivity contribution in [1.29, 1.82) is 0 Å². The number of rotatable bonds is 13. The molecule has 0 aromatic heterocycles. The van der Waals surface area contributed by atoms with Crippen molar-refractivity contribution < 1.29 is 37.3 Å². The molecule has 232 valence electrons. The molecule has 4 rings (SSSR count). The number of amides is 1. The number of alkyl carbamates (subject to hydrolysis) is 1. The summed E-state index contributed by atoms with van der Waals surface area (Å²) in [6.45, 7) is 4.71. The SMILES string of the molecule is COc1ccc(S(=O)(=O)C(N)(CC(C)(C)CCN)C(O)C(Cc2ccccc2)NC(=O)OC2COC3OCCC23)cc1. The van der Waals surface area contributed by atoms with E-state index in [1.807, 2.05) is 44.2 Å². The number of carbonyl (C=O) groups is 1. The highest BCUT2D eigenvalue weighted by Crippen LogP contribution is 2.39. The summed E-state index contributed by atoms with van der Waals surface area (Å²) in [5.41, 5.74) is 12.8. The van der Waals surface area contributed by atoms with Gasteiger partial charge in [0.05, 0.1) is 37.2 Å². The minimum atomic E-state index is -4.38. The Morgan fingerprint density at radius 2 is 1.83 bits per heavy atom. The zero-order valence-electron chi connectivity index (χ0n) is 24.4. The third kappa shape index (κ3) is 7.07. The lowest BCUT2D eigenvalue weighted by Gasteiger charge is -2.42. The second-order valence-corrected chi connectivity index (χ2v) is 14.1. The summed E-state index contributed by atoms with van der Waals surface area (Å²) in [6.07, 6.45) is -2.36. The molecule has 0 bridgehead atoms. The molecule has 2 aromatic rings. The number of aliphatic hydroxyl groups excluding tert-OH is 1. The second-order valence-electron chi connectivity index (χ2n) is 11.9. The van der Waals surface area contributed by atoms with Gasteiger partial charge < -0.3 is 40.8 Å². The Balaban J connectivity index is 1.68. The molecule has 6 unspecified atom stereocenters. The van der Waals surface area contributed by atoms with E-state index < -0.39 is 50.8 Å². The van der Waals surface area contributed by atoms with Gasteiger partial charge in [-0.25, -0.2) is 13.2 Å². The van der Waals surface area contributed by atoms with E-state index in [9.17, 15) is 18.3 Å². The summed E-state index contributed by atoms with van der Waals surface area (Å²) < 4.78 is 50.6. The van der Waals surface area contributed by atoms with Crippen LogP contribution in [0.5, 0.6) is 5.75 Å². The van der Waals surface area contributed by atoms with Gasteiger partial charge in [-0.3, -0.25) is 0 Å². The van der Waals surface area contributed by atoms with E-state index in [-0.39, 0.29) is 30.3 Å². The Bertz CT molecular complexity index is 1290. The number of carbonyl (C=O) groups excluding carboxylic acids is 1. The zero-order chi connectivity index (χ0) is 30.5. The molecule has 2 aliphatic rings. The van der Waals surface area contributed by atoms with Gasteiger partial charge in [0.1, 0.15) is 18.0 Å². The highest BCUT2D eigenvalue weighted by Gasteiger charge is 2.53. The predicted octanol–water partition coefficient (Wildman–Crippen LogP) is 2.35. The molecule has 2 aliphatic heterocycles. The largest absolute Gasteiger partial charge is 0.497 e. The van der Waals surface area contributed by atoms with Crippen LogP contribution >= 0.6 is 0 Å². The molecule has 12 heteroatoms. The Labute approximate surface area is 247 Å². The van der Waals surface area contributed by atoms with Gasteiger partial charge in [-0.15, -0.1) is 0 Å². The fourth-order valence-corrected chi connectivity index (χ4v) is 7.88. The average Bonchev–Trinajstić information content (AvgIpc) is 3.57. The molecule has 0 aliphatic carbocycles. The first-order valence-corrected chi connectivity index (χ1v) is 15.7. The number of nitrogens with one attached hydrogen (secondary N) is 1. The number of hydrogen-bond acceptors (Lipinski definition) is 10. The molecule has 0 spiro atoms. The monoisotopic (exact) mass is 605 g/mol. The van der Waals surface area contributed by atoms with Gasteiger partial charge in [0.15, 0.2) is 21.0 Å². The van der Waals surface area contributed by atoms with Crippen LogP contribution in [0.25, 0.3) is 0 Å². The minimum Gasteiger partial charge on any atom is -0.497 e. The topological polar surface area (TPSA) is 172 Å². The standard InChI is InChI=1S/C30H43N3O8S/c1-29(2,14-15-31)19-30(32,42(36,37)22-11-9-21(38-3)10-12-22)26(34)24(17-20-7-5-4-6-8-20)33-28(35)41-25-18-40-27-23(25)13-16-39-27/h4-12,23-27,34H,13-19,31-32H2,1-3H3,(H,33,35). The van der Waals surface area contributed by atoms with E-state index in [0.29, 0.717) is 31.7 Å². The molecule has 6 atom stereocenters. The number of fused-ring (bicyclic) bond motifs is 1. The average molecular weight is 606 g/mol.